The topological polar surface area (TPSA) is 72.2 Å². The molecule has 0 aliphatic heterocycles. The molecular weight excluding hydrogens is 272 g/mol. The van der Waals surface area contributed by atoms with Gasteiger partial charge < -0.3 is 5.73 Å². The summed E-state index contributed by atoms with van der Waals surface area (Å²) in [5.74, 6) is 0. The molecule has 2 rings (SSSR count). The molecule has 2 aromatic rings. The lowest BCUT2D eigenvalue weighted by Crippen LogP contribution is -2.13. The van der Waals surface area contributed by atoms with Crippen molar-refractivity contribution in [1.29, 1.82) is 0 Å². The van der Waals surface area contributed by atoms with Gasteiger partial charge in [0, 0.05) is 11.4 Å². The van der Waals surface area contributed by atoms with Gasteiger partial charge in [0.15, 0.2) is 0 Å². The molecule has 0 unspecified atom stereocenters. The summed E-state index contributed by atoms with van der Waals surface area (Å²) in [7, 11) is -3.59. The van der Waals surface area contributed by atoms with E-state index in [1.165, 1.54) is 17.7 Å². The van der Waals surface area contributed by atoms with E-state index < -0.39 is 10.0 Å². The standard InChI is InChI=1S/C15H18N2O2S/c1-2-4-12-7-9-14(10-8-12)17-20(18,19)15-6-3-5-13(16)11-15/h3,5-11,17H,2,4,16H2,1H3. The van der Waals surface area contributed by atoms with Crippen molar-refractivity contribution in [2.75, 3.05) is 10.5 Å². The maximum Gasteiger partial charge on any atom is 0.261 e. The van der Waals surface area contributed by atoms with E-state index in [9.17, 15) is 8.42 Å². The summed E-state index contributed by atoms with van der Waals surface area (Å²) < 4.78 is 26.9. The Bertz CT molecular complexity index is 679. The molecule has 20 heavy (non-hydrogen) atoms. The van der Waals surface area contributed by atoms with Crippen molar-refractivity contribution >= 4 is 21.4 Å². The zero-order valence-electron chi connectivity index (χ0n) is 11.3. The normalized spacial score (nSPS) is 11.2. The fourth-order valence-corrected chi connectivity index (χ4v) is 3.04. The van der Waals surface area contributed by atoms with E-state index in [-0.39, 0.29) is 4.90 Å². The third kappa shape index (κ3) is 3.51. The molecule has 4 nitrogen and oxygen atoms in total. The van der Waals surface area contributed by atoms with Gasteiger partial charge in [-0.15, -0.1) is 0 Å². The maximum absolute atomic E-state index is 12.2. The van der Waals surface area contributed by atoms with Crippen molar-refractivity contribution in [2.24, 2.45) is 0 Å². The first-order valence-electron chi connectivity index (χ1n) is 6.48. The Balaban J connectivity index is 2.20. The quantitative estimate of drug-likeness (QED) is 0.831. The van der Waals surface area contributed by atoms with Crippen molar-refractivity contribution < 1.29 is 8.42 Å². The van der Waals surface area contributed by atoms with Gasteiger partial charge in [-0.05, 0) is 42.3 Å². The van der Waals surface area contributed by atoms with Crippen LogP contribution in [0.25, 0.3) is 0 Å². The molecule has 0 saturated heterocycles. The largest absolute Gasteiger partial charge is 0.399 e. The first-order chi connectivity index (χ1) is 9.51. The summed E-state index contributed by atoms with van der Waals surface area (Å²) in [6.45, 7) is 2.11. The molecule has 0 aliphatic carbocycles. The first-order valence-corrected chi connectivity index (χ1v) is 7.97. The minimum Gasteiger partial charge on any atom is -0.399 e. The SMILES string of the molecule is CCCc1ccc(NS(=O)(=O)c2cccc(N)c2)cc1. The fourth-order valence-electron chi connectivity index (χ4n) is 1.92. The van der Waals surface area contributed by atoms with Crippen molar-refractivity contribution in [3.63, 3.8) is 0 Å². The number of hydrogen-bond acceptors (Lipinski definition) is 3. The van der Waals surface area contributed by atoms with Crippen LogP contribution in [-0.4, -0.2) is 8.42 Å². The van der Waals surface area contributed by atoms with Gasteiger partial charge in [0.1, 0.15) is 0 Å². The van der Waals surface area contributed by atoms with E-state index in [1.54, 1.807) is 24.3 Å². The Kier molecular flexibility index (Phi) is 4.29. The highest BCUT2D eigenvalue weighted by atomic mass is 32.2. The smallest absolute Gasteiger partial charge is 0.261 e. The van der Waals surface area contributed by atoms with Crippen LogP contribution >= 0.6 is 0 Å². The highest BCUT2D eigenvalue weighted by molar-refractivity contribution is 7.92. The molecule has 2 aromatic carbocycles. The Labute approximate surface area is 119 Å². The summed E-state index contributed by atoms with van der Waals surface area (Å²) in [5.41, 5.74) is 7.77. The number of benzene rings is 2. The van der Waals surface area contributed by atoms with Crippen LogP contribution in [0.4, 0.5) is 11.4 Å². The van der Waals surface area contributed by atoms with E-state index in [1.807, 2.05) is 12.1 Å². The van der Waals surface area contributed by atoms with E-state index in [0.29, 0.717) is 11.4 Å². The van der Waals surface area contributed by atoms with Gasteiger partial charge in [-0.2, -0.15) is 0 Å². The predicted octanol–water partition coefficient (Wildman–Crippen LogP) is 3.02. The van der Waals surface area contributed by atoms with Gasteiger partial charge in [0.2, 0.25) is 0 Å². The third-order valence-electron chi connectivity index (χ3n) is 2.91. The lowest BCUT2D eigenvalue weighted by molar-refractivity contribution is 0.601. The van der Waals surface area contributed by atoms with E-state index in [2.05, 4.69) is 11.6 Å². The van der Waals surface area contributed by atoms with Crippen LogP contribution in [-0.2, 0) is 16.4 Å². The van der Waals surface area contributed by atoms with Gasteiger partial charge >= 0.3 is 0 Å². The molecular formula is C15H18N2O2S. The molecule has 0 fully saturated rings. The molecule has 0 spiro atoms. The summed E-state index contributed by atoms with van der Waals surface area (Å²) in [5, 5.41) is 0. The van der Waals surface area contributed by atoms with Crippen molar-refractivity contribution in [3.05, 3.63) is 54.1 Å². The minimum atomic E-state index is -3.59. The average Bonchev–Trinajstić information content (AvgIpc) is 2.41. The zero-order valence-corrected chi connectivity index (χ0v) is 12.2. The highest BCUT2D eigenvalue weighted by Gasteiger charge is 2.14. The van der Waals surface area contributed by atoms with Gasteiger partial charge in [0.25, 0.3) is 10.0 Å². The molecule has 0 heterocycles. The molecule has 0 radical (unpaired) electrons. The van der Waals surface area contributed by atoms with E-state index in [4.69, 9.17) is 5.73 Å². The Morgan fingerprint density at radius 3 is 2.40 bits per heavy atom. The zero-order chi connectivity index (χ0) is 14.6. The number of hydrogen-bond donors (Lipinski definition) is 2. The molecule has 0 atom stereocenters. The Morgan fingerprint density at radius 2 is 1.80 bits per heavy atom. The average molecular weight is 290 g/mol. The lowest BCUT2D eigenvalue weighted by Gasteiger charge is -2.09. The number of nitrogens with two attached hydrogens (primary N) is 1. The van der Waals surface area contributed by atoms with E-state index >= 15 is 0 Å². The van der Waals surface area contributed by atoms with Gasteiger partial charge in [-0.1, -0.05) is 31.5 Å². The van der Waals surface area contributed by atoms with Crippen molar-refractivity contribution in [2.45, 2.75) is 24.7 Å². The second kappa shape index (κ2) is 5.96. The first kappa shape index (κ1) is 14.4. The highest BCUT2D eigenvalue weighted by Crippen LogP contribution is 2.18. The van der Waals surface area contributed by atoms with Crippen LogP contribution in [0.5, 0.6) is 0 Å². The summed E-state index contributed by atoms with van der Waals surface area (Å²) in [6.07, 6.45) is 2.05. The monoisotopic (exact) mass is 290 g/mol. The van der Waals surface area contributed by atoms with Gasteiger partial charge in [0.05, 0.1) is 4.90 Å². The summed E-state index contributed by atoms with van der Waals surface area (Å²) in [6, 6.07) is 13.6. The molecule has 5 heteroatoms. The van der Waals surface area contributed by atoms with Crippen LogP contribution in [0, 0.1) is 0 Å². The second-order valence-electron chi connectivity index (χ2n) is 4.62. The molecule has 0 amide bonds. The number of nitrogen functional groups attached to an aromatic ring is 1. The molecule has 0 bridgehead atoms. The predicted molar refractivity (Wildman–Crippen MR) is 82.1 cm³/mol. The lowest BCUT2D eigenvalue weighted by atomic mass is 10.1. The third-order valence-corrected chi connectivity index (χ3v) is 4.29. The van der Waals surface area contributed by atoms with Crippen LogP contribution < -0.4 is 10.5 Å². The Hall–Kier alpha value is -2.01. The van der Waals surface area contributed by atoms with Crippen LogP contribution in [0.2, 0.25) is 0 Å². The summed E-state index contributed by atoms with van der Waals surface area (Å²) >= 11 is 0. The van der Waals surface area contributed by atoms with Gasteiger partial charge in [-0.25, -0.2) is 8.42 Å². The molecule has 0 saturated carbocycles. The Morgan fingerprint density at radius 1 is 1.10 bits per heavy atom. The van der Waals surface area contributed by atoms with Crippen molar-refractivity contribution in [1.82, 2.24) is 0 Å². The van der Waals surface area contributed by atoms with Crippen LogP contribution in [0.3, 0.4) is 0 Å². The van der Waals surface area contributed by atoms with Crippen molar-refractivity contribution in [3.8, 4) is 0 Å². The number of nitrogens with one attached hydrogen (secondary N) is 1. The fraction of sp³-hybridized carbons (Fsp3) is 0.200. The van der Waals surface area contributed by atoms with Crippen LogP contribution in [0.1, 0.15) is 18.9 Å². The van der Waals surface area contributed by atoms with Gasteiger partial charge in [-0.3, -0.25) is 4.72 Å². The van der Waals surface area contributed by atoms with Crippen LogP contribution in [0.15, 0.2) is 53.4 Å². The second-order valence-corrected chi connectivity index (χ2v) is 6.31. The molecule has 0 aliphatic rings. The number of aryl methyl sites for hydroxylation is 1. The number of rotatable bonds is 5. The number of anilines is 2. The maximum atomic E-state index is 12.2. The molecule has 3 N–H and O–H groups in total. The van der Waals surface area contributed by atoms with E-state index in [0.717, 1.165) is 12.8 Å². The molecule has 0 aromatic heterocycles. The minimum absolute atomic E-state index is 0.162. The molecule has 106 valence electrons. The summed E-state index contributed by atoms with van der Waals surface area (Å²) in [4.78, 5) is 0.162. The number of sulfonamides is 1.